The maximum Gasteiger partial charge on any atom is 0.251 e. The second kappa shape index (κ2) is 13.0. The Hall–Kier alpha value is -4.85. The van der Waals surface area contributed by atoms with E-state index < -0.39 is 23.6 Å². The average Bonchev–Trinajstić information content (AvgIpc) is 3.81. The summed E-state index contributed by atoms with van der Waals surface area (Å²) in [4.78, 5) is 46.2. The molecule has 45 heavy (non-hydrogen) atoms. The van der Waals surface area contributed by atoms with E-state index in [1.54, 1.807) is 30.3 Å². The van der Waals surface area contributed by atoms with Gasteiger partial charge < -0.3 is 35.5 Å². The predicted octanol–water partition coefficient (Wildman–Crippen LogP) is 3.71. The molecule has 1 spiro atoms. The summed E-state index contributed by atoms with van der Waals surface area (Å²) in [7, 11) is 0. The minimum Gasteiger partial charge on any atom is -0.457 e. The fraction of sp³-hybridized carbons (Fsp3) is 0.250. The van der Waals surface area contributed by atoms with Gasteiger partial charge >= 0.3 is 0 Å². The molecule has 2 aromatic heterocycles. The number of anilines is 1. The van der Waals surface area contributed by atoms with Crippen molar-refractivity contribution in [1.29, 1.82) is 0 Å². The number of carbonyl (C=O) groups excluding carboxylic acids is 3. The van der Waals surface area contributed by atoms with E-state index >= 15 is 0 Å². The molecule has 0 unspecified atom stereocenters. The van der Waals surface area contributed by atoms with E-state index in [0.29, 0.717) is 36.1 Å². The first-order valence-corrected chi connectivity index (χ1v) is 15.1. The first-order valence-electron chi connectivity index (χ1n) is 14.2. The number of rotatable bonds is 9. The number of thiophene rings is 1. The van der Waals surface area contributed by atoms with Crippen molar-refractivity contribution in [3.05, 3.63) is 94.4 Å². The van der Waals surface area contributed by atoms with Gasteiger partial charge in [-0.2, -0.15) is 0 Å². The molecule has 13 heteroatoms. The van der Waals surface area contributed by atoms with Crippen molar-refractivity contribution >= 4 is 34.9 Å². The van der Waals surface area contributed by atoms with Crippen LogP contribution in [0.4, 0.5) is 10.2 Å². The molecular formula is C32H30FN5O6S. The van der Waals surface area contributed by atoms with Gasteiger partial charge in [-0.3, -0.25) is 14.4 Å². The Morgan fingerprint density at radius 2 is 1.73 bits per heavy atom. The molecule has 2 fully saturated rings. The maximum atomic E-state index is 13.4. The summed E-state index contributed by atoms with van der Waals surface area (Å²) in [5.41, 5.74) is 7.75. The lowest BCUT2D eigenvalue weighted by atomic mass is 10.1. The number of nitrogens with one attached hydrogen (secondary N) is 2. The SMILES string of the molecule is Nc1cccc(-c2csc(CNC(=O)[C@@H]3CC4(CN3C(=O)CNC(=O)c3ccc(Oc5ccc(F)cc5)cc3)OCCO4)c2)n1. The van der Waals surface area contributed by atoms with Crippen molar-refractivity contribution in [3.8, 4) is 22.8 Å². The minimum absolute atomic E-state index is 0.0689. The molecule has 232 valence electrons. The van der Waals surface area contributed by atoms with Crippen molar-refractivity contribution in [2.45, 2.75) is 24.8 Å². The van der Waals surface area contributed by atoms with Crippen LogP contribution in [-0.4, -0.2) is 65.7 Å². The molecule has 2 aromatic carbocycles. The topological polar surface area (TPSA) is 145 Å². The molecule has 2 aliphatic rings. The van der Waals surface area contributed by atoms with Crippen molar-refractivity contribution in [2.75, 3.05) is 32.0 Å². The smallest absolute Gasteiger partial charge is 0.251 e. The van der Waals surface area contributed by atoms with E-state index in [1.807, 2.05) is 23.6 Å². The Kier molecular flexibility index (Phi) is 8.74. The van der Waals surface area contributed by atoms with Crippen LogP contribution in [0.5, 0.6) is 11.5 Å². The van der Waals surface area contributed by atoms with E-state index in [-0.39, 0.29) is 37.8 Å². The number of hydrogen-bond donors (Lipinski definition) is 3. The molecule has 2 saturated heterocycles. The van der Waals surface area contributed by atoms with Gasteiger partial charge in [0.1, 0.15) is 29.2 Å². The molecule has 1 atom stereocenters. The van der Waals surface area contributed by atoms with Crippen LogP contribution in [0, 0.1) is 5.82 Å². The van der Waals surface area contributed by atoms with E-state index in [1.165, 1.54) is 40.5 Å². The Morgan fingerprint density at radius 3 is 2.44 bits per heavy atom. The van der Waals surface area contributed by atoms with E-state index in [2.05, 4.69) is 15.6 Å². The number of carbonyl (C=O) groups is 3. The number of benzene rings is 2. The quantitative estimate of drug-likeness (QED) is 0.254. The molecule has 3 amide bonds. The van der Waals surface area contributed by atoms with Crippen molar-refractivity contribution in [1.82, 2.24) is 20.5 Å². The predicted molar refractivity (Wildman–Crippen MR) is 164 cm³/mol. The van der Waals surface area contributed by atoms with E-state index in [4.69, 9.17) is 19.9 Å². The third kappa shape index (κ3) is 7.11. The molecule has 0 aliphatic carbocycles. The van der Waals surface area contributed by atoms with Crippen LogP contribution in [0.3, 0.4) is 0 Å². The van der Waals surface area contributed by atoms with Gasteiger partial charge in [-0.05, 0) is 66.7 Å². The summed E-state index contributed by atoms with van der Waals surface area (Å²) in [6.07, 6.45) is 0.178. The zero-order valence-corrected chi connectivity index (χ0v) is 24.8. The first-order chi connectivity index (χ1) is 21.8. The number of pyridine rings is 1. The van der Waals surface area contributed by atoms with Crippen LogP contribution in [0.15, 0.2) is 78.2 Å². The second-order valence-electron chi connectivity index (χ2n) is 10.6. The summed E-state index contributed by atoms with van der Waals surface area (Å²) in [5, 5.41) is 7.50. The molecule has 4 aromatic rings. The van der Waals surface area contributed by atoms with Crippen LogP contribution in [-0.2, 0) is 25.6 Å². The van der Waals surface area contributed by atoms with E-state index in [0.717, 1.165) is 16.1 Å². The number of nitrogens with two attached hydrogens (primary N) is 1. The monoisotopic (exact) mass is 631 g/mol. The number of amides is 3. The van der Waals surface area contributed by atoms with Crippen molar-refractivity contribution in [2.24, 2.45) is 0 Å². The Balaban J connectivity index is 1.05. The lowest BCUT2D eigenvalue weighted by Gasteiger charge is -2.24. The number of aromatic nitrogens is 1. The standard InChI is InChI=1S/C32H30FN5O6S/c33-22-6-10-24(11-7-22)44-23-8-4-20(5-9-23)30(40)36-17-29(39)38-19-32(42-12-13-43-32)15-27(38)31(41)35-16-25-14-21(18-45-25)26-2-1-3-28(34)37-26/h1-11,14,18,27H,12-13,15-17,19H2,(H2,34,37)(H,35,41)(H,36,40)/t27-/m0/s1. The largest absolute Gasteiger partial charge is 0.457 e. The molecule has 4 N–H and O–H groups in total. The van der Waals surface area contributed by atoms with Gasteiger partial charge in [-0.15, -0.1) is 11.3 Å². The molecule has 6 rings (SSSR count). The van der Waals surface area contributed by atoms with E-state index in [9.17, 15) is 18.8 Å². The maximum absolute atomic E-state index is 13.4. The number of nitrogens with zero attached hydrogens (tertiary/aromatic N) is 2. The Morgan fingerprint density at radius 1 is 1.02 bits per heavy atom. The summed E-state index contributed by atoms with van der Waals surface area (Å²) >= 11 is 1.48. The molecule has 11 nitrogen and oxygen atoms in total. The van der Waals surface area contributed by atoms with Crippen LogP contribution in [0.25, 0.3) is 11.3 Å². The summed E-state index contributed by atoms with van der Waals surface area (Å²) in [5.74, 6) is -1.36. The zero-order valence-electron chi connectivity index (χ0n) is 24.0. The lowest BCUT2D eigenvalue weighted by molar-refractivity contribution is -0.152. The van der Waals surface area contributed by atoms with Gasteiger partial charge in [0.05, 0.1) is 38.5 Å². The molecular weight excluding hydrogens is 601 g/mol. The van der Waals surface area contributed by atoms with Gasteiger partial charge in [-0.25, -0.2) is 9.37 Å². The number of ether oxygens (including phenoxy) is 3. The molecule has 0 radical (unpaired) electrons. The number of halogens is 1. The second-order valence-corrected chi connectivity index (χ2v) is 11.6. The summed E-state index contributed by atoms with van der Waals surface area (Å²) in [6.45, 7) is 0.734. The van der Waals surface area contributed by atoms with Crippen LogP contribution < -0.4 is 21.1 Å². The lowest BCUT2D eigenvalue weighted by Crippen LogP contribution is -2.49. The Labute approximate surface area is 262 Å². The zero-order chi connectivity index (χ0) is 31.4. The van der Waals surface area contributed by atoms with Crippen molar-refractivity contribution in [3.63, 3.8) is 0 Å². The average molecular weight is 632 g/mol. The number of hydrogen-bond acceptors (Lipinski definition) is 9. The highest BCUT2D eigenvalue weighted by Gasteiger charge is 2.52. The minimum atomic E-state index is -1.06. The fourth-order valence-electron chi connectivity index (χ4n) is 5.23. The molecule has 2 aliphatic heterocycles. The fourth-order valence-corrected chi connectivity index (χ4v) is 6.04. The van der Waals surface area contributed by atoms with Crippen molar-refractivity contribution < 1.29 is 33.0 Å². The van der Waals surface area contributed by atoms with Gasteiger partial charge in [-0.1, -0.05) is 6.07 Å². The van der Waals surface area contributed by atoms with Crippen LogP contribution in [0.1, 0.15) is 21.7 Å². The normalized spacial score (nSPS) is 16.9. The third-order valence-corrected chi connectivity index (χ3v) is 8.39. The van der Waals surface area contributed by atoms with Crippen LogP contribution in [0.2, 0.25) is 0 Å². The summed E-state index contributed by atoms with van der Waals surface area (Å²) < 4.78 is 30.4. The Bertz CT molecular complexity index is 1690. The highest BCUT2D eigenvalue weighted by molar-refractivity contribution is 7.10. The highest BCUT2D eigenvalue weighted by atomic mass is 32.1. The van der Waals surface area contributed by atoms with Gasteiger partial charge in [0, 0.05) is 27.8 Å². The van der Waals surface area contributed by atoms with Gasteiger partial charge in [0.2, 0.25) is 11.8 Å². The van der Waals surface area contributed by atoms with Crippen LogP contribution >= 0.6 is 11.3 Å². The van der Waals surface area contributed by atoms with Gasteiger partial charge in [0.25, 0.3) is 5.91 Å². The third-order valence-electron chi connectivity index (χ3n) is 7.45. The summed E-state index contributed by atoms with van der Waals surface area (Å²) in [6, 6.07) is 18.4. The number of likely N-dealkylation sites (tertiary alicyclic amines) is 1. The molecule has 0 bridgehead atoms. The number of nitrogen functional groups attached to an aromatic ring is 1. The van der Waals surface area contributed by atoms with Gasteiger partial charge in [0.15, 0.2) is 5.79 Å². The molecule has 4 heterocycles. The first kappa shape index (κ1) is 30.2. The highest BCUT2D eigenvalue weighted by Crippen LogP contribution is 2.35. The molecule has 0 saturated carbocycles.